The van der Waals surface area contributed by atoms with E-state index in [4.69, 9.17) is 9.47 Å². The number of aryl methyl sites for hydroxylation is 1. The molecule has 0 amide bonds. The lowest BCUT2D eigenvalue weighted by Crippen LogP contribution is -2.01. The molecule has 0 saturated heterocycles. The first-order valence-electron chi connectivity index (χ1n) is 5.91. The van der Waals surface area contributed by atoms with Crippen molar-refractivity contribution in [3.05, 3.63) is 53.3 Å². The third-order valence-electron chi connectivity index (χ3n) is 2.65. The van der Waals surface area contributed by atoms with Gasteiger partial charge in [-0.2, -0.15) is 0 Å². The molecule has 0 bridgehead atoms. The van der Waals surface area contributed by atoms with Gasteiger partial charge in [-0.1, -0.05) is 6.07 Å². The van der Waals surface area contributed by atoms with Gasteiger partial charge in [-0.25, -0.2) is 0 Å². The quantitative estimate of drug-likeness (QED) is 0.773. The smallest absolute Gasteiger partial charge is 0.162 e. The number of aromatic nitrogens is 1. The van der Waals surface area contributed by atoms with Gasteiger partial charge in [0.2, 0.25) is 0 Å². The maximum atomic E-state index is 10.8. The number of aldehydes is 1. The molecule has 0 fully saturated rings. The molecule has 2 rings (SSSR count). The van der Waals surface area contributed by atoms with E-state index in [9.17, 15) is 4.79 Å². The van der Waals surface area contributed by atoms with Gasteiger partial charge in [0.15, 0.2) is 11.5 Å². The van der Waals surface area contributed by atoms with Crippen LogP contribution in [0.1, 0.15) is 21.7 Å². The van der Waals surface area contributed by atoms with Gasteiger partial charge in [0.1, 0.15) is 12.9 Å². The van der Waals surface area contributed by atoms with E-state index in [1.54, 1.807) is 25.3 Å². The van der Waals surface area contributed by atoms with Crippen LogP contribution in [-0.2, 0) is 6.61 Å². The van der Waals surface area contributed by atoms with Crippen LogP contribution >= 0.6 is 0 Å². The van der Waals surface area contributed by atoms with Crippen molar-refractivity contribution in [2.45, 2.75) is 13.5 Å². The molecule has 0 aliphatic carbocycles. The minimum Gasteiger partial charge on any atom is -0.493 e. The average molecular weight is 257 g/mol. The lowest BCUT2D eigenvalue weighted by molar-refractivity contribution is 0.112. The van der Waals surface area contributed by atoms with E-state index in [0.717, 1.165) is 17.7 Å². The van der Waals surface area contributed by atoms with Crippen molar-refractivity contribution in [1.29, 1.82) is 0 Å². The van der Waals surface area contributed by atoms with Crippen molar-refractivity contribution >= 4 is 6.29 Å². The summed E-state index contributed by atoms with van der Waals surface area (Å²) in [4.78, 5) is 15.1. The van der Waals surface area contributed by atoms with Gasteiger partial charge >= 0.3 is 0 Å². The normalized spacial score (nSPS) is 10.0. The van der Waals surface area contributed by atoms with Crippen LogP contribution in [0.5, 0.6) is 11.5 Å². The molecule has 0 spiro atoms. The summed E-state index contributed by atoms with van der Waals surface area (Å²) in [5, 5.41) is 0. The zero-order valence-corrected chi connectivity index (χ0v) is 10.9. The number of nitrogens with zero attached hydrogens (tertiary/aromatic N) is 1. The van der Waals surface area contributed by atoms with Gasteiger partial charge in [-0.3, -0.25) is 9.78 Å². The molecule has 4 heteroatoms. The Morgan fingerprint density at radius 2 is 2.05 bits per heavy atom. The molecule has 0 radical (unpaired) electrons. The van der Waals surface area contributed by atoms with Crippen LogP contribution in [0, 0.1) is 6.92 Å². The first kappa shape index (κ1) is 13.1. The Morgan fingerprint density at radius 3 is 2.74 bits per heavy atom. The Morgan fingerprint density at radius 1 is 1.21 bits per heavy atom. The summed E-state index contributed by atoms with van der Waals surface area (Å²) in [6, 6.07) is 10.8. The first-order valence-corrected chi connectivity index (χ1v) is 5.91. The molecule has 2 aromatic rings. The summed E-state index contributed by atoms with van der Waals surface area (Å²) in [5.74, 6) is 1.13. The standard InChI is InChI=1S/C15H15NO3/c1-11-4-3-5-13(16-11)10-19-15-8-12(9-17)6-7-14(15)18-2/h3-9H,10H2,1-2H3. The molecule has 0 aliphatic heterocycles. The number of rotatable bonds is 5. The van der Waals surface area contributed by atoms with Gasteiger partial charge in [-0.15, -0.1) is 0 Å². The zero-order valence-electron chi connectivity index (χ0n) is 10.9. The second-order valence-corrected chi connectivity index (χ2v) is 4.09. The number of hydrogen-bond donors (Lipinski definition) is 0. The fourth-order valence-electron chi connectivity index (χ4n) is 1.71. The second kappa shape index (κ2) is 6.00. The highest BCUT2D eigenvalue weighted by atomic mass is 16.5. The lowest BCUT2D eigenvalue weighted by atomic mass is 10.2. The number of ether oxygens (including phenoxy) is 2. The van der Waals surface area contributed by atoms with Crippen LogP contribution in [0.3, 0.4) is 0 Å². The summed E-state index contributed by atoms with van der Waals surface area (Å²) in [5.41, 5.74) is 2.32. The summed E-state index contributed by atoms with van der Waals surface area (Å²) < 4.78 is 10.9. The third kappa shape index (κ3) is 3.31. The minimum absolute atomic E-state index is 0.334. The summed E-state index contributed by atoms with van der Waals surface area (Å²) in [6.07, 6.45) is 0.775. The van der Waals surface area contributed by atoms with E-state index in [1.807, 2.05) is 25.1 Å². The van der Waals surface area contributed by atoms with E-state index in [2.05, 4.69) is 4.98 Å². The fraction of sp³-hybridized carbons (Fsp3) is 0.200. The van der Waals surface area contributed by atoms with Crippen LogP contribution in [0.4, 0.5) is 0 Å². The molecule has 4 nitrogen and oxygen atoms in total. The summed E-state index contributed by atoms with van der Waals surface area (Å²) in [7, 11) is 1.56. The van der Waals surface area contributed by atoms with Crippen LogP contribution in [0.2, 0.25) is 0 Å². The number of pyridine rings is 1. The molecule has 0 aliphatic rings. The van der Waals surface area contributed by atoms with Crippen molar-refractivity contribution in [3.63, 3.8) is 0 Å². The Bertz CT molecular complexity index is 581. The van der Waals surface area contributed by atoms with Gasteiger partial charge in [0.25, 0.3) is 0 Å². The monoisotopic (exact) mass is 257 g/mol. The molecule has 98 valence electrons. The van der Waals surface area contributed by atoms with Crippen molar-refractivity contribution in [2.24, 2.45) is 0 Å². The molecular weight excluding hydrogens is 242 g/mol. The number of benzene rings is 1. The van der Waals surface area contributed by atoms with E-state index in [-0.39, 0.29) is 0 Å². The molecule has 0 unspecified atom stereocenters. The Balaban J connectivity index is 2.16. The zero-order chi connectivity index (χ0) is 13.7. The lowest BCUT2D eigenvalue weighted by Gasteiger charge is -2.11. The van der Waals surface area contributed by atoms with Crippen molar-refractivity contribution in [1.82, 2.24) is 4.98 Å². The molecule has 1 aromatic heterocycles. The van der Waals surface area contributed by atoms with Crippen molar-refractivity contribution < 1.29 is 14.3 Å². The topological polar surface area (TPSA) is 48.4 Å². The van der Waals surface area contributed by atoms with Crippen LogP contribution < -0.4 is 9.47 Å². The van der Waals surface area contributed by atoms with Crippen molar-refractivity contribution in [2.75, 3.05) is 7.11 Å². The van der Waals surface area contributed by atoms with Gasteiger partial charge in [-0.05, 0) is 37.3 Å². The molecule has 0 atom stereocenters. The predicted octanol–water partition coefficient (Wildman–Crippen LogP) is 2.79. The molecule has 0 saturated carbocycles. The number of carbonyl (C=O) groups is 1. The summed E-state index contributed by atoms with van der Waals surface area (Å²) in [6.45, 7) is 2.26. The molecule has 0 N–H and O–H groups in total. The molecular formula is C15H15NO3. The Kier molecular flexibility index (Phi) is 4.13. The average Bonchev–Trinajstić information content (AvgIpc) is 2.45. The van der Waals surface area contributed by atoms with Crippen LogP contribution in [0.15, 0.2) is 36.4 Å². The van der Waals surface area contributed by atoms with E-state index >= 15 is 0 Å². The SMILES string of the molecule is COc1ccc(C=O)cc1OCc1cccc(C)n1. The summed E-state index contributed by atoms with van der Waals surface area (Å²) >= 11 is 0. The van der Waals surface area contributed by atoms with Crippen LogP contribution in [-0.4, -0.2) is 18.4 Å². The minimum atomic E-state index is 0.334. The Hall–Kier alpha value is -2.36. The predicted molar refractivity (Wildman–Crippen MR) is 71.7 cm³/mol. The molecule has 19 heavy (non-hydrogen) atoms. The van der Waals surface area contributed by atoms with E-state index in [1.165, 1.54) is 0 Å². The fourth-order valence-corrected chi connectivity index (χ4v) is 1.71. The highest BCUT2D eigenvalue weighted by Gasteiger charge is 2.06. The first-order chi connectivity index (χ1) is 9.22. The van der Waals surface area contributed by atoms with Gasteiger partial charge in [0, 0.05) is 11.3 Å². The van der Waals surface area contributed by atoms with Gasteiger partial charge in [0.05, 0.1) is 12.8 Å². The third-order valence-corrected chi connectivity index (χ3v) is 2.65. The van der Waals surface area contributed by atoms with E-state index < -0.39 is 0 Å². The van der Waals surface area contributed by atoms with E-state index in [0.29, 0.717) is 23.7 Å². The van der Waals surface area contributed by atoms with Gasteiger partial charge < -0.3 is 9.47 Å². The van der Waals surface area contributed by atoms with Crippen molar-refractivity contribution in [3.8, 4) is 11.5 Å². The largest absolute Gasteiger partial charge is 0.493 e. The molecule has 1 aromatic carbocycles. The maximum absolute atomic E-state index is 10.8. The number of carbonyl (C=O) groups excluding carboxylic acids is 1. The highest BCUT2D eigenvalue weighted by Crippen LogP contribution is 2.28. The van der Waals surface area contributed by atoms with Crippen LogP contribution in [0.25, 0.3) is 0 Å². The number of methoxy groups -OCH3 is 1. The number of hydrogen-bond acceptors (Lipinski definition) is 4. The highest BCUT2D eigenvalue weighted by molar-refractivity contribution is 5.76. The second-order valence-electron chi connectivity index (χ2n) is 4.09. The Labute approximate surface area is 112 Å². The maximum Gasteiger partial charge on any atom is 0.162 e. The molecule has 1 heterocycles.